The largest absolute Gasteiger partial charge is 0.427 e. The van der Waals surface area contributed by atoms with Crippen molar-refractivity contribution in [1.29, 1.82) is 0 Å². The summed E-state index contributed by atoms with van der Waals surface area (Å²) in [6, 6.07) is 7.49. The minimum Gasteiger partial charge on any atom is -0.427 e. The van der Waals surface area contributed by atoms with Gasteiger partial charge in [0.25, 0.3) is 0 Å². The fourth-order valence-corrected chi connectivity index (χ4v) is 1.22. The molecule has 0 bridgehead atoms. The monoisotopic (exact) mass is 218 g/mol. The van der Waals surface area contributed by atoms with Crippen LogP contribution in [0.25, 0.3) is 6.08 Å². The number of carbonyl (C=O) groups excluding carboxylic acids is 1. The fourth-order valence-electron chi connectivity index (χ4n) is 1.22. The molecule has 86 valence electrons. The zero-order valence-electron chi connectivity index (χ0n) is 10.1. The van der Waals surface area contributed by atoms with Crippen LogP contribution in [0.1, 0.15) is 32.8 Å². The van der Waals surface area contributed by atoms with Crippen molar-refractivity contribution >= 4 is 12.0 Å². The minimum atomic E-state index is -0.289. The maximum atomic E-state index is 10.7. The van der Waals surface area contributed by atoms with E-state index in [4.69, 9.17) is 4.74 Å². The SMILES string of the molecule is CCC(C)C=Cc1ccc(OC(C)=O)cc1. The number of benzene rings is 1. The van der Waals surface area contributed by atoms with Crippen LogP contribution >= 0.6 is 0 Å². The molecule has 0 N–H and O–H groups in total. The first-order valence-electron chi connectivity index (χ1n) is 5.58. The van der Waals surface area contributed by atoms with Gasteiger partial charge in [-0.2, -0.15) is 0 Å². The number of allylic oxidation sites excluding steroid dienone is 1. The summed E-state index contributed by atoms with van der Waals surface area (Å²) in [5.41, 5.74) is 1.12. The Bertz CT molecular complexity index is 363. The highest BCUT2D eigenvalue weighted by molar-refractivity contribution is 5.69. The predicted octanol–water partition coefficient (Wildman–Crippen LogP) is 3.67. The van der Waals surface area contributed by atoms with E-state index in [1.54, 1.807) is 12.1 Å². The molecule has 0 radical (unpaired) electrons. The Morgan fingerprint density at radius 3 is 2.50 bits per heavy atom. The van der Waals surface area contributed by atoms with E-state index in [0.717, 1.165) is 12.0 Å². The molecule has 1 aromatic rings. The van der Waals surface area contributed by atoms with Crippen molar-refractivity contribution in [2.75, 3.05) is 0 Å². The molecule has 1 atom stereocenters. The number of hydrogen-bond donors (Lipinski definition) is 0. The van der Waals surface area contributed by atoms with Crippen LogP contribution in [0.4, 0.5) is 0 Å². The third-order valence-corrected chi connectivity index (χ3v) is 2.40. The summed E-state index contributed by atoms with van der Waals surface area (Å²) in [6.45, 7) is 5.75. The summed E-state index contributed by atoms with van der Waals surface area (Å²) >= 11 is 0. The molecule has 0 amide bonds. The lowest BCUT2D eigenvalue weighted by molar-refractivity contribution is -0.131. The zero-order chi connectivity index (χ0) is 12.0. The Balaban J connectivity index is 2.64. The van der Waals surface area contributed by atoms with Crippen molar-refractivity contribution in [2.45, 2.75) is 27.2 Å². The van der Waals surface area contributed by atoms with Crippen LogP contribution in [0.15, 0.2) is 30.3 Å². The summed E-state index contributed by atoms with van der Waals surface area (Å²) in [5, 5.41) is 0. The van der Waals surface area contributed by atoms with Gasteiger partial charge in [0.1, 0.15) is 5.75 Å². The van der Waals surface area contributed by atoms with E-state index >= 15 is 0 Å². The predicted molar refractivity (Wildman–Crippen MR) is 66.2 cm³/mol. The Morgan fingerprint density at radius 2 is 2.00 bits per heavy atom. The molecule has 1 unspecified atom stereocenters. The molecule has 0 saturated carbocycles. The van der Waals surface area contributed by atoms with Gasteiger partial charge in [0.05, 0.1) is 0 Å². The van der Waals surface area contributed by atoms with E-state index in [2.05, 4.69) is 26.0 Å². The van der Waals surface area contributed by atoms with E-state index < -0.39 is 0 Å². The Morgan fingerprint density at radius 1 is 1.38 bits per heavy atom. The molecule has 0 saturated heterocycles. The van der Waals surface area contributed by atoms with Crippen molar-refractivity contribution in [3.63, 3.8) is 0 Å². The van der Waals surface area contributed by atoms with Crippen LogP contribution in [0.3, 0.4) is 0 Å². The molecule has 0 aliphatic carbocycles. The van der Waals surface area contributed by atoms with Crippen LogP contribution in [0.2, 0.25) is 0 Å². The second-order valence-corrected chi connectivity index (χ2v) is 3.91. The smallest absolute Gasteiger partial charge is 0.308 e. The van der Waals surface area contributed by atoms with E-state index in [0.29, 0.717) is 11.7 Å². The van der Waals surface area contributed by atoms with Gasteiger partial charge in [-0.15, -0.1) is 0 Å². The summed E-state index contributed by atoms with van der Waals surface area (Å²) in [6.07, 6.45) is 5.41. The minimum absolute atomic E-state index is 0.289. The third kappa shape index (κ3) is 4.30. The zero-order valence-corrected chi connectivity index (χ0v) is 10.1. The molecule has 16 heavy (non-hydrogen) atoms. The maximum absolute atomic E-state index is 10.7. The van der Waals surface area contributed by atoms with E-state index in [9.17, 15) is 4.79 Å². The number of esters is 1. The summed E-state index contributed by atoms with van der Waals surface area (Å²) < 4.78 is 4.95. The van der Waals surface area contributed by atoms with Crippen LogP contribution < -0.4 is 4.74 Å². The second kappa shape index (κ2) is 6.11. The van der Waals surface area contributed by atoms with E-state index in [1.807, 2.05) is 12.1 Å². The second-order valence-electron chi connectivity index (χ2n) is 3.91. The van der Waals surface area contributed by atoms with Crippen LogP contribution in [0, 0.1) is 5.92 Å². The average Bonchev–Trinajstić information content (AvgIpc) is 2.27. The van der Waals surface area contributed by atoms with Gasteiger partial charge in [-0.3, -0.25) is 4.79 Å². The Kier molecular flexibility index (Phi) is 4.77. The molecule has 0 spiro atoms. The lowest BCUT2D eigenvalue weighted by Gasteiger charge is -2.02. The number of ether oxygens (including phenoxy) is 1. The summed E-state index contributed by atoms with van der Waals surface area (Å²) in [4.78, 5) is 10.7. The fraction of sp³-hybridized carbons (Fsp3) is 0.357. The molecular formula is C14H18O2. The third-order valence-electron chi connectivity index (χ3n) is 2.40. The molecule has 0 heterocycles. The summed E-state index contributed by atoms with van der Waals surface area (Å²) in [5.74, 6) is 0.893. The molecule has 2 nitrogen and oxygen atoms in total. The highest BCUT2D eigenvalue weighted by atomic mass is 16.5. The van der Waals surface area contributed by atoms with Crippen molar-refractivity contribution in [3.8, 4) is 5.75 Å². The van der Waals surface area contributed by atoms with E-state index in [1.165, 1.54) is 6.92 Å². The summed E-state index contributed by atoms with van der Waals surface area (Å²) in [7, 11) is 0. The van der Waals surface area contributed by atoms with Crippen LogP contribution in [-0.4, -0.2) is 5.97 Å². The lowest BCUT2D eigenvalue weighted by Crippen LogP contribution is -2.00. The maximum Gasteiger partial charge on any atom is 0.308 e. The highest BCUT2D eigenvalue weighted by Crippen LogP contribution is 2.14. The van der Waals surface area contributed by atoms with Gasteiger partial charge in [-0.05, 0) is 23.6 Å². The van der Waals surface area contributed by atoms with Gasteiger partial charge in [-0.1, -0.05) is 44.6 Å². The first-order valence-corrected chi connectivity index (χ1v) is 5.58. The van der Waals surface area contributed by atoms with Crippen LogP contribution in [-0.2, 0) is 4.79 Å². The van der Waals surface area contributed by atoms with Crippen LogP contribution in [0.5, 0.6) is 5.75 Å². The molecule has 1 aromatic carbocycles. The first-order chi connectivity index (χ1) is 7.61. The van der Waals surface area contributed by atoms with Gasteiger partial charge >= 0.3 is 5.97 Å². The van der Waals surface area contributed by atoms with Crippen molar-refractivity contribution in [2.24, 2.45) is 5.92 Å². The highest BCUT2D eigenvalue weighted by Gasteiger charge is 1.97. The van der Waals surface area contributed by atoms with E-state index in [-0.39, 0.29) is 5.97 Å². The standard InChI is InChI=1S/C14H18O2/c1-4-11(2)5-6-13-7-9-14(10-8-13)16-12(3)15/h5-11H,4H2,1-3H3. The van der Waals surface area contributed by atoms with Crippen molar-refractivity contribution < 1.29 is 9.53 Å². The van der Waals surface area contributed by atoms with Crippen molar-refractivity contribution in [3.05, 3.63) is 35.9 Å². The normalized spacial score (nSPS) is 12.7. The molecule has 0 fully saturated rings. The Hall–Kier alpha value is -1.57. The van der Waals surface area contributed by atoms with Gasteiger partial charge in [0.15, 0.2) is 0 Å². The molecule has 0 aliphatic heterocycles. The molecular weight excluding hydrogens is 200 g/mol. The quantitative estimate of drug-likeness (QED) is 0.569. The van der Waals surface area contributed by atoms with Crippen molar-refractivity contribution in [1.82, 2.24) is 0 Å². The number of rotatable bonds is 4. The molecule has 2 heteroatoms. The first kappa shape index (κ1) is 12.5. The topological polar surface area (TPSA) is 26.3 Å². The average molecular weight is 218 g/mol. The molecule has 1 rings (SSSR count). The Labute approximate surface area is 96.9 Å². The number of hydrogen-bond acceptors (Lipinski definition) is 2. The van der Waals surface area contributed by atoms with Gasteiger partial charge in [0, 0.05) is 6.92 Å². The number of carbonyl (C=O) groups is 1. The molecule has 0 aromatic heterocycles. The molecule has 0 aliphatic rings. The lowest BCUT2D eigenvalue weighted by atomic mass is 10.1. The van der Waals surface area contributed by atoms with Gasteiger partial charge < -0.3 is 4.74 Å². The van der Waals surface area contributed by atoms with Gasteiger partial charge in [-0.25, -0.2) is 0 Å². The van der Waals surface area contributed by atoms with Gasteiger partial charge in [0.2, 0.25) is 0 Å².